The molecule has 0 unspecified atom stereocenters. The zero-order chi connectivity index (χ0) is 16.3. The van der Waals surface area contributed by atoms with Crippen molar-refractivity contribution in [3.05, 3.63) is 42.7 Å². The van der Waals surface area contributed by atoms with Crippen molar-refractivity contribution >= 4 is 21.5 Å². The Kier molecular flexibility index (Phi) is 4.47. The fourth-order valence-electron chi connectivity index (χ4n) is 2.74. The molecule has 2 aromatic rings. The molecular weight excluding hydrogens is 312 g/mol. The van der Waals surface area contributed by atoms with Gasteiger partial charge in [0.1, 0.15) is 0 Å². The number of piperazine rings is 1. The lowest BCUT2D eigenvalue weighted by molar-refractivity contribution is 0.594. The smallest absolute Gasteiger partial charge is 0.225 e. The Bertz CT molecular complexity index is 757. The van der Waals surface area contributed by atoms with E-state index in [9.17, 15) is 8.42 Å². The average molecular weight is 332 g/mol. The Hall–Kier alpha value is -2.15. The van der Waals surface area contributed by atoms with Crippen molar-refractivity contribution in [3.63, 3.8) is 0 Å². The molecule has 0 radical (unpaired) electrons. The van der Waals surface area contributed by atoms with E-state index >= 15 is 0 Å². The van der Waals surface area contributed by atoms with Crippen molar-refractivity contribution < 1.29 is 8.42 Å². The Balaban J connectivity index is 1.79. The molecule has 1 aliphatic heterocycles. The van der Waals surface area contributed by atoms with Gasteiger partial charge < -0.3 is 9.80 Å². The molecule has 0 spiro atoms. The quantitative estimate of drug-likeness (QED) is 0.847. The summed E-state index contributed by atoms with van der Waals surface area (Å²) in [6, 6.07) is 9.04. The van der Waals surface area contributed by atoms with E-state index in [1.165, 1.54) is 0 Å². The summed E-state index contributed by atoms with van der Waals surface area (Å²) in [5.74, 6) is 0.837. The van der Waals surface area contributed by atoms with E-state index < -0.39 is 9.84 Å². The van der Waals surface area contributed by atoms with Gasteiger partial charge in [0.25, 0.3) is 0 Å². The van der Waals surface area contributed by atoms with E-state index in [0.717, 1.165) is 37.8 Å². The molecule has 0 saturated carbocycles. The molecular formula is C16H20N4O2S. The Labute approximate surface area is 136 Å². The van der Waals surface area contributed by atoms with Crippen LogP contribution in [0.5, 0.6) is 0 Å². The minimum atomic E-state index is -3.22. The minimum absolute atomic E-state index is 0.113. The number of benzene rings is 1. The third kappa shape index (κ3) is 3.29. The number of hydrogen-bond donors (Lipinski definition) is 0. The van der Waals surface area contributed by atoms with Gasteiger partial charge in [-0.1, -0.05) is 19.1 Å². The summed E-state index contributed by atoms with van der Waals surface area (Å²) in [7, 11) is -3.22. The summed E-state index contributed by atoms with van der Waals surface area (Å²) in [6.45, 7) is 4.70. The van der Waals surface area contributed by atoms with Crippen molar-refractivity contribution in [2.24, 2.45) is 0 Å². The Morgan fingerprint density at radius 3 is 2.22 bits per heavy atom. The molecule has 0 atom stereocenters. The predicted molar refractivity (Wildman–Crippen MR) is 90.6 cm³/mol. The van der Waals surface area contributed by atoms with Gasteiger partial charge >= 0.3 is 0 Å². The molecule has 1 fully saturated rings. The highest BCUT2D eigenvalue weighted by molar-refractivity contribution is 7.91. The largest absolute Gasteiger partial charge is 0.367 e. The summed E-state index contributed by atoms with van der Waals surface area (Å²) in [5, 5.41) is 0. The molecule has 0 aliphatic carbocycles. The van der Waals surface area contributed by atoms with E-state index in [1.54, 1.807) is 37.5 Å². The molecule has 0 bridgehead atoms. The summed E-state index contributed by atoms with van der Waals surface area (Å²) in [5.41, 5.74) is 0.794. The van der Waals surface area contributed by atoms with Crippen LogP contribution in [-0.4, -0.2) is 50.3 Å². The average Bonchev–Trinajstić information content (AvgIpc) is 2.62. The first kappa shape index (κ1) is 15.7. The fourth-order valence-corrected chi connectivity index (χ4v) is 3.85. The van der Waals surface area contributed by atoms with Crippen LogP contribution in [0.25, 0.3) is 0 Å². The van der Waals surface area contributed by atoms with Gasteiger partial charge in [-0.15, -0.1) is 0 Å². The molecule has 2 heterocycles. The van der Waals surface area contributed by atoms with Crippen LogP contribution in [0, 0.1) is 0 Å². The minimum Gasteiger partial charge on any atom is -0.367 e. The molecule has 6 nitrogen and oxygen atoms in total. The van der Waals surface area contributed by atoms with E-state index in [2.05, 4.69) is 19.8 Å². The van der Waals surface area contributed by atoms with E-state index in [4.69, 9.17) is 0 Å². The van der Waals surface area contributed by atoms with Gasteiger partial charge in [-0.3, -0.25) is 0 Å². The number of para-hydroxylation sites is 1. The Morgan fingerprint density at radius 1 is 0.957 bits per heavy atom. The topological polar surface area (TPSA) is 66.4 Å². The second-order valence-electron chi connectivity index (χ2n) is 5.39. The molecule has 1 aromatic carbocycles. The van der Waals surface area contributed by atoms with Crippen LogP contribution in [0.2, 0.25) is 0 Å². The number of hydrogen-bond acceptors (Lipinski definition) is 6. The van der Waals surface area contributed by atoms with Crippen LogP contribution in [0.1, 0.15) is 6.92 Å². The van der Waals surface area contributed by atoms with Crippen molar-refractivity contribution in [2.45, 2.75) is 11.8 Å². The first-order chi connectivity index (χ1) is 11.1. The molecule has 0 N–H and O–H groups in total. The van der Waals surface area contributed by atoms with Crippen LogP contribution in [0.15, 0.2) is 47.6 Å². The maximum atomic E-state index is 12.3. The van der Waals surface area contributed by atoms with Gasteiger partial charge in [0.05, 0.1) is 16.3 Å². The fraction of sp³-hybridized carbons (Fsp3) is 0.375. The maximum Gasteiger partial charge on any atom is 0.225 e. The van der Waals surface area contributed by atoms with E-state index in [-0.39, 0.29) is 5.75 Å². The first-order valence-corrected chi connectivity index (χ1v) is 9.36. The number of rotatable bonds is 4. The number of aromatic nitrogens is 2. The van der Waals surface area contributed by atoms with Gasteiger partial charge in [0, 0.05) is 38.6 Å². The zero-order valence-electron chi connectivity index (χ0n) is 13.1. The highest BCUT2D eigenvalue weighted by atomic mass is 32.2. The third-order valence-corrected chi connectivity index (χ3v) is 5.81. The van der Waals surface area contributed by atoms with Crippen LogP contribution in [0.3, 0.4) is 0 Å². The van der Waals surface area contributed by atoms with E-state index in [1.807, 2.05) is 12.1 Å². The van der Waals surface area contributed by atoms with Crippen LogP contribution in [0.4, 0.5) is 11.6 Å². The molecule has 7 heteroatoms. The number of anilines is 2. The highest BCUT2D eigenvalue weighted by Crippen LogP contribution is 2.27. The summed E-state index contributed by atoms with van der Waals surface area (Å²) in [6.07, 6.45) is 3.47. The molecule has 1 saturated heterocycles. The summed E-state index contributed by atoms with van der Waals surface area (Å²) < 4.78 is 24.6. The van der Waals surface area contributed by atoms with Gasteiger partial charge in [-0.25, -0.2) is 18.4 Å². The van der Waals surface area contributed by atoms with Crippen LogP contribution >= 0.6 is 0 Å². The monoisotopic (exact) mass is 332 g/mol. The normalized spacial score (nSPS) is 15.7. The lowest BCUT2D eigenvalue weighted by atomic mass is 10.2. The molecule has 1 aliphatic rings. The van der Waals surface area contributed by atoms with Gasteiger partial charge in [-0.2, -0.15) is 0 Å². The Morgan fingerprint density at radius 2 is 1.57 bits per heavy atom. The SMILES string of the molecule is CCS(=O)(=O)c1ccccc1N1CCN(c2ncccn2)CC1. The third-order valence-electron chi connectivity index (χ3n) is 4.04. The van der Waals surface area contributed by atoms with Crippen LogP contribution in [-0.2, 0) is 9.84 Å². The van der Waals surface area contributed by atoms with Gasteiger partial charge in [0.15, 0.2) is 9.84 Å². The molecule has 23 heavy (non-hydrogen) atoms. The highest BCUT2D eigenvalue weighted by Gasteiger charge is 2.24. The van der Waals surface area contributed by atoms with Crippen molar-refractivity contribution in [2.75, 3.05) is 41.7 Å². The summed E-state index contributed by atoms with van der Waals surface area (Å²) >= 11 is 0. The lowest BCUT2D eigenvalue weighted by Crippen LogP contribution is -2.47. The van der Waals surface area contributed by atoms with Crippen molar-refractivity contribution in [1.82, 2.24) is 9.97 Å². The molecule has 1 aromatic heterocycles. The molecule has 0 amide bonds. The van der Waals surface area contributed by atoms with Crippen LogP contribution < -0.4 is 9.80 Å². The first-order valence-electron chi connectivity index (χ1n) is 7.70. The van der Waals surface area contributed by atoms with Crippen molar-refractivity contribution in [3.8, 4) is 0 Å². The van der Waals surface area contributed by atoms with E-state index in [0.29, 0.717) is 4.90 Å². The molecule has 3 rings (SSSR count). The summed E-state index contributed by atoms with van der Waals surface area (Å²) in [4.78, 5) is 13.2. The second-order valence-corrected chi connectivity index (χ2v) is 7.64. The molecule has 122 valence electrons. The maximum absolute atomic E-state index is 12.3. The van der Waals surface area contributed by atoms with Gasteiger partial charge in [-0.05, 0) is 18.2 Å². The standard InChI is InChI=1S/C16H20N4O2S/c1-2-23(21,22)15-7-4-3-6-14(15)19-10-12-20(13-11-19)16-17-8-5-9-18-16/h3-9H,2,10-13H2,1H3. The second kappa shape index (κ2) is 6.54. The number of sulfone groups is 1. The number of nitrogens with zero attached hydrogens (tertiary/aromatic N) is 4. The van der Waals surface area contributed by atoms with Crippen molar-refractivity contribution in [1.29, 1.82) is 0 Å². The zero-order valence-corrected chi connectivity index (χ0v) is 13.9. The van der Waals surface area contributed by atoms with Gasteiger partial charge in [0.2, 0.25) is 5.95 Å². The lowest BCUT2D eigenvalue weighted by Gasteiger charge is -2.36. The predicted octanol–water partition coefficient (Wildman–Crippen LogP) is 1.60.